The Morgan fingerprint density at radius 3 is 2.77 bits per heavy atom. The van der Waals surface area contributed by atoms with Gasteiger partial charge in [-0.2, -0.15) is 0 Å². The fraction of sp³-hybridized carbons (Fsp3) is 0.778. The highest BCUT2D eigenvalue weighted by molar-refractivity contribution is 5.81. The number of carbonyl (C=O) groups excluding carboxylic acids is 2. The minimum absolute atomic E-state index is 0.107. The molecule has 0 aromatic rings. The summed E-state index contributed by atoms with van der Waals surface area (Å²) in [4.78, 5) is 22.2. The second-order valence-corrected chi connectivity index (χ2v) is 3.36. The van der Waals surface area contributed by atoms with E-state index in [0.717, 1.165) is 13.0 Å². The molecule has 0 bridgehead atoms. The van der Waals surface area contributed by atoms with Gasteiger partial charge in [0.15, 0.2) is 0 Å². The average molecular weight is 184 g/mol. The van der Waals surface area contributed by atoms with Crippen molar-refractivity contribution in [1.29, 1.82) is 0 Å². The Morgan fingerprint density at radius 2 is 2.23 bits per heavy atom. The first kappa shape index (κ1) is 10.2. The zero-order valence-corrected chi connectivity index (χ0v) is 8.25. The van der Waals surface area contributed by atoms with Crippen molar-refractivity contribution >= 4 is 11.7 Å². The smallest absolute Gasteiger partial charge is 0.238 e. The Kier molecular flexibility index (Phi) is 3.42. The first-order valence-corrected chi connectivity index (χ1v) is 4.69. The molecule has 0 N–H and O–H groups in total. The molecule has 1 aliphatic rings. The highest BCUT2D eigenvalue weighted by atomic mass is 16.2. The average Bonchev–Trinajstić information content (AvgIpc) is 2.35. The van der Waals surface area contributed by atoms with E-state index in [0.29, 0.717) is 19.5 Å². The quantitative estimate of drug-likeness (QED) is 0.636. The first-order valence-electron chi connectivity index (χ1n) is 4.69. The summed E-state index contributed by atoms with van der Waals surface area (Å²) in [6.45, 7) is 5.36. The normalized spacial score (nSPS) is 18.3. The van der Waals surface area contributed by atoms with Crippen molar-refractivity contribution in [3.63, 3.8) is 0 Å². The summed E-state index contributed by atoms with van der Waals surface area (Å²) in [6.07, 6.45) is 1.48. The van der Waals surface area contributed by atoms with Gasteiger partial charge in [0.1, 0.15) is 5.78 Å². The van der Waals surface area contributed by atoms with Crippen molar-refractivity contribution in [3.05, 3.63) is 0 Å². The van der Waals surface area contributed by atoms with Crippen molar-refractivity contribution in [2.75, 3.05) is 19.6 Å². The van der Waals surface area contributed by atoms with E-state index in [1.54, 1.807) is 11.9 Å². The van der Waals surface area contributed by atoms with Crippen LogP contribution in [-0.4, -0.2) is 41.3 Å². The maximum Gasteiger partial charge on any atom is 0.238 e. The molecule has 0 radical (unpaired) electrons. The van der Waals surface area contributed by atoms with Crippen molar-refractivity contribution in [2.45, 2.75) is 26.7 Å². The molecule has 1 heterocycles. The van der Waals surface area contributed by atoms with Crippen LogP contribution < -0.4 is 0 Å². The number of ketones is 1. The van der Waals surface area contributed by atoms with Crippen LogP contribution in [0, 0.1) is 0 Å². The summed E-state index contributed by atoms with van der Waals surface area (Å²) < 4.78 is 0. The Bertz CT molecular complexity index is 216. The largest absolute Gasteiger partial charge is 0.298 e. The SMILES string of the molecule is CCCN1C(=O)CCN1CC(C)=O. The first-order chi connectivity index (χ1) is 6.15. The van der Waals surface area contributed by atoms with Crippen molar-refractivity contribution in [2.24, 2.45) is 0 Å². The fourth-order valence-corrected chi connectivity index (χ4v) is 1.53. The van der Waals surface area contributed by atoms with Gasteiger partial charge in [0.05, 0.1) is 6.54 Å². The third-order valence-corrected chi connectivity index (χ3v) is 2.05. The van der Waals surface area contributed by atoms with Gasteiger partial charge in [-0.15, -0.1) is 0 Å². The van der Waals surface area contributed by atoms with Gasteiger partial charge in [0.2, 0.25) is 5.91 Å². The molecule has 0 aromatic heterocycles. The molecule has 0 saturated carbocycles. The highest BCUT2D eigenvalue weighted by Crippen LogP contribution is 2.11. The maximum atomic E-state index is 11.3. The number of Topliss-reactive ketones (excluding diaryl/α,β-unsaturated/α-hetero) is 1. The number of amides is 1. The zero-order chi connectivity index (χ0) is 9.84. The Balaban J connectivity index is 2.53. The number of nitrogens with zero attached hydrogens (tertiary/aromatic N) is 2. The van der Waals surface area contributed by atoms with Crippen LogP contribution in [0.15, 0.2) is 0 Å². The van der Waals surface area contributed by atoms with Gasteiger partial charge in [0.25, 0.3) is 0 Å². The van der Waals surface area contributed by atoms with Crippen LogP contribution in [-0.2, 0) is 9.59 Å². The zero-order valence-electron chi connectivity index (χ0n) is 8.25. The molecule has 1 amide bonds. The van der Waals surface area contributed by atoms with Gasteiger partial charge in [-0.1, -0.05) is 6.92 Å². The summed E-state index contributed by atoms with van der Waals surface area (Å²) in [7, 11) is 0. The van der Waals surface area contributed by atoms with Crippen molar-refractivity contribution in [3.8, 4) is 0 Å². The van der Waals surface area contributed by atoms with Gasteiger partial charge < -0.3 is 0 Å². The molecule has 0 spiro atoms. The van der Waals surface area contributed by atoms with Gasteiger partial charge in [0, 0.05) is 19.5 Å². The monoisotopic (exact) mass is 184 g/mol. The Hall–Kier alpha value is -0.900. The lowest BCUT2D eigenvalue weighted by Crippen LogP contribution is -2.41. The summed E-state index contributed by atoms with van der Waals surface area (Å²) in [5, 5.41) is 3.54. The summed E-state index contributed by atoms with van der Waals surface area (Å²) >= 11 is 0. The third-order valence-electron chi connectivity index (χ3n) is 2.05. The second kappa shape index (κ2) is 4.37. The lowest BCUT2D eigenvalue weighted by molar-refractivity contribution is -0.139. The van der Waals surface area contributed by atoms with E-state index in [2.05, 4.69) is 0 Å². The molecular weight excluding hydrogens is 168 g/mol. The highest BCUT2D eigenvalue weighted by Gasteiger charge is 2.28. The van der Waals surface area contributed by atoms with E-state index >= 15 is 0 Å². The van der Waals surface area contributed by atoms with Crippen LogP contribution in [0.2, 0.25) is 0 Å². The molecule has 4 nitrogen and oxygen atoms in total. The predicted octanol–water partition coefficient (Wildman–Crippen LogP) is 0.435. The van der Waals surface area contributed by atoms with Crippen LogP contribution in [0.5, 0.6) is 0 Å². The Morgan fingerprint density at radius 1 is 1.54 bits per heavy atom. The van der Waals surface area contributed by atoms with Gasteiger partial charge in [-0.3, -0.25) is 14.6 Å². The van der Waals surface area contributed by atoms with Crippen LogP contribution in [0.1, 0.15) is 26.7 Å². The predicted molar refractivity (Wildman–Crippen MR) is 48.9 cm³/mol. The molecule has 13 heavy (non-hydrogen) atoms. The van der Waals surface area contributed by atoms with Crippen LogP contribution in [0.3, 0.4) is 0 Å². The summed E-state index contributed by atoms with van der Waals surface area (Å²) in [6, 6.07) is 0. The van der Waals surface area contributed by atoms with Gasteiger partial charge >= 0.3 is 0 Å². The van der Waals surface area contributed by atoms with E-state index in [-0.39, 0.29) is 11.7 Å². The number of hydrazine groups is 1. The molecule has 74 valence electrons. The molecule has 4 heteroatoms. The molecule has 1 aliphatic heterocycles. The molecule has 0 atom stereocenters. The molecular formula is C9H16N2O2. The van der Waals surface area contributed by atoms with Gasteiger partial charge in [-0.25, -0.2) is 5.01 Å². The summed E-state index contributed by atoms with van der Waals surface area (Å²) in [5.74, 6) is 0.249. The minimum atomic E-state index is 0.107. The number of carbonyl (C=O) groups is 2. The maximum absolute atomic E-state index is 11.3. The fourth-order valence-electron chi connectivity index (χ4n) is 1.53. The van der Waals surface area contributed by atoms with E-state index in [4.69, 9.17) is 0 Å². The topological polar surface area (TPSA) is 40.6 Å². The van der Waals surface area contributed by atoms with E-state index < -0.39 is 0 Å². The van der Waals surface area contributed by atoms with E-state index in [1.165, 1.54) is 0 Å². The summed E-state index contributed by atoms with van der Waals surface area (Å²) in [5.41, 5.74) is 0. The van der Waals surface area contributed by atoms with E-state index in [1.807, 2.05) is 11.9 Å². The molecule has 1 fully saturated rings. The van der Waals surface area contributed by atoms with Crippen LogP contribution in [0.4, 0.5) is 0 Å². The molecule has 0 aliphatic carbocycles. The lowest BCUT2D eigenvalue weighted by Gasteiger charge is -2.26. The second-order valence-electron chi connectivity index (χ2n) is 3.36. The number of rotatable bonds is 4. The number of hydrogen-bond donors (Lipinski definition) is 0. The van der Waals surface area contributed by atoms with Crippen LogP contribution in [0.25, 0.3) is 0 Å². The molecule has 0 unspecified atom stereocenters. The third kappa shape index (κ3) is 2.52. The lowest BCUT2D eigenvalue weighted by atomic mass is 10.4. The van der Waals surface area contributed by atoms with Crippen molar-refractivity contribution < 1.29 is 9.59 Å². The Labute approximate surface area is 78.5 Å². The molecule has 0 aromatic carbocycles. The van der Waals surface area contributed by atoms with Crippen LogP contribution >= 0.6 is 0 Å². The standard InChI is InChI=1S/C9H16N2O2/c1-3-5-11-9(13)4-6-10(11)7-8(2)12/h3-7H2,1-2H3. The van der Waals surface area contributed by atoms with Crippen molar-refractivity contribution in [1.82, 2.24) is 10.0 Å². The number of hydrogen-bond acceptors (Lipinski definition) is 3. The molecule has 1 saturated heterocycles. The molecule has 1 rings (SSSR count). The van der Waals surface area contributed by atoms with E-state index in [9.17, 15) is 9.59 Å². The van der Waals surface area contributed by atoms with Gasteiger partial charge in [-0.05, 0) is 13.3 Å². The minimum Gasteiger partial charge on any atom is -0.298 e.